The highest BCUT2D eigenvalue weighted by atomic mass is 19.1. The molecule has 19 heavy (non-hydrogen) atoms. The number of hydrogen-bond acceptors (Lipinski definition) is 2. The maximum Gasteiger partial charge on any atom is 0.123 e. The summed E-state index contributed by atoms with van der Waals surface area (Å²) in [5.74, 6) is -0.194. The zero-order chi connectivity index (χ0) is 13.4. The molecule has 2 heterocycles. The summed E-state index contributed by atoms with van der Waals surface area (Å²) in [6.07, 6.45) is 0.986. The SMILES string of the molecule is Cc1cc(F)ccc1-c1ccc2c(n1)CCN(C)C2. The van der Waals surface area contributed by atoms with Crippen LogP contribution in [0.25, 0.3) is 11.3 Å². The van der Waals surface area contributed by atoms with Crippen LogP contribution in [-0.4, -0.2) is 23.5 Å². The lowest BCUT2D eigenvalue weighted by Gasteiger charge is -2.24. The van der Waals surface area contributed by atoms with Crippen molar-refractivity contribution in [2.24, 2.45) is 0 Å². The van der Waals surface area contributed by atoms with Crippen molar-refractivity contribution in [3.05, 3.63) is 53.0 Å². The molecule has 1 aromatic heterocycles. The van der Waals surface area contributed by atoms with Gasteiger partial charge in [-0.2, -0.15) is 0 Å². The Hall–Kier alpha value is -1.74. The molecule has 0 amide bonds. The second-order valence-corrected chi connectivity index (χ2v) is 5.25. The van der Waals surface area contributed by atoms with Crippen molar-refractivity contribution in [1.29, 1.82) is 0 Å². The largest absolute Gasteiger partial charge is 0.302 e. The molecule has 3 heteroatoms. The van der Waals surface area contributed by atoms with Gasteiger partial charge in [-0.05, 0) is 49.4 Å². The number of aryl methyl sites for hydroxylation is 1. The van der Waals surface area contributed by atoms with Gasteiger partial charge in [0.1, 0.15) is 5.82 Å². The second kappa shape index (κ2) is 4.74. The number of rotatable bonds is 1. The van der Waals surface area contributed by atoms with E-state index >= 15 is 0 Å². The van der Waals surface area contributed by atoms with Crippen LogP contribution < -0.4 is 0 Å². The Bertz CT molecular complexity index is 622. The molecular formula is C16H17FN2. The van der Waals surface area contributed by atoms with Gasteiger partial charge in [0.05, 0.1) is 5.69 Å². The predicted octanol–water partition coefficient (Wildman–Crippen LogP) is 3.18. The molecule has 3 rings (SSSR count). The van der Waals surface area contributed by atoms with E-state index in [0.29, 0.717) is 0 Å². The second-order valence-electron chi connectivity index (χ2n) is 5.25. The third-order valence-corrected chi connectivity index (χ3v) is 3.70. The van der Waals surface area contributed by atoms with E-state index in [1.54, 1.807) is 6.07 Å². The van der Waals surface area contributed by atoms with E-state index in [-0.39, 0.29) is 5.82 Å². The third kappa shape index (κ3) is 2.38. The number of benzene rings is 1. The van der Waals surface area contributed by atoms with Gasteiger partial charge < -0.3 is 4.90 Å². The van der Waals surface area contributed by atoms with E-state index in [9.17, 15) is 4.39 Å². The highest BCUT2D eigenvalue weighted by molar-refractivity contribution is 5.63. The van der Waals surface area contributed by atoms with Crippen LogP contribution in [0.1, 0.15) is 16.8 Å². The normalized spacial score (nSPS) is 15.3. The first-order valence-corrected chi connectivity index (χ1v) is 6.57. The minimum atomic E-state index is -0.194. The van der Waals surface area contributed by atoms with E-state index in [0.717, 1.165) is 36.3 Å². The van der Waals surface area contributed by atoms with Gasteiger partial charge in [0.15, 0.2) is 0 Å². The molecular weight excluding hydrogens is 239 g/mol. The molecule has 0 radical (unpaired) electrons. The molecule has 0 spiro atoms. The lowest BCUT2D eigenvalue weighted by molar-refractivity contribution is 0.310. The summed E-state index contributed by atoms with van der Waals surface area (Å²) in [4.78, 5) is 7.06. The summed E-state index contributed by atoms with van der Waals surface area (Å²) in [6.45, 7) is 3.93. The molecule has 1 aliphatic heterocycles. The van der Waals surface area contributed by atoms with Crippen molar-refractivity contribution in [2.75, 3.05) is 13.6 Å². The van der Waals surface area contributed by atoms with Crippen molar-refractivity contribution >= 4 is 0 Å². The van der Waals surface area contributed by atoms with Crippen LogP contribution in [0.5, 0.6) is 0 Å². The minimum absolute atomic E-state index is 0.194. The number of aromatic nitrogens is 1. The fraction of sp³-hybridized carbons (Fsp3) is 0.312. The van der Waals surface area contributed by atoms with Crippen LogP contribution >= 0.6 is 0 Å². The molecule has 0 unspecified atom stereocenters. The summed E-state index contributed by atoms with van der Waals surface area (Å²) in [7, 11) is 2.13. The molecule has 0 aliphatic carbocycles. The first-order valence-electron chi connectivity index (χ1n) is 6.57. The molecule has 0 atom stereocenters. The first-order chi connectivity index (χ1) is 9.13. The number of likely N-dealkylation sites (N-methyl/N-ethyl adjacent to an activating group) is 1. The summed E-state index contributed by atoms with van der Waals surface area (Å²) < 4.78 is 13.2. The molecule has 1 aliphatic rings. The average molecular weight is 256 g/mol. The topological polar surface area (TPSA) is 16.1 Å². The molecule has 1 aromatic carbocycles. The first kappa shape index (κ1) is 12.3. The summed E-state index contributed by atoms with van der Waals surface area (Å²) in [5.41, 5.74) is 5.38. The van der Waals surface area contributed by atoms with Crippen molar-refractivity contribution in [2.45, 2.75) is 19.9 Å². The van der Waals surface area contributed by atoms with Crippen LogP contribution in [0.3, 0.4) is 0 Å². The lowest BCUT2D eigenvalue weighted by atomic mass is 10.0. The molecule has 0 saturated carbocycles. The zero-order valence-corrected chi connectivity index (χ0v) is 11.3. The molecule has 0 bridgehead atoms. The molecule has 0 N–H and O–H groups in total. The average Bonchev–Trinajstić information content (AvgIpc) is 2.38. The molecule has 0 fully saturated rings. The number of halogens is 1. The number of fused-ring (bicyclic) bond motifs is 1. The summed E-state index contributed by atoms with van der Waals surface area (Å²) in [5, 5.41) is 0. The highest BCUT2D eigenvalue weighted by Gasteiger charge is 2.15. The van der Waals surface area contributed by atoms with Gasteiger partial charge >= 0.3 is 0 Å². The standard InChI is InChI=1S/C16H17FN2/c1-11-9-13(17)4-5-14(11)16-6-3-12-10-19(2)8-7-15(12)18-16/h3-6,9H,7-8,10H2,1-2H3. The van der Waals surface area contributed by atoms with E-state index < -0.39 is 0 Å². The maximum atomic E-state index is 13.2. The summed E-state index contributed by atoms with van der Waals surface area (Å²) in [6, 6.07) is 9.06. The van der Waals surface area contributed by atoms with Gasteiger partial charge in [-0.3, -0.25) is 4.98 Å². The Morgan fingerprint density at radius 1 is 1.21 bits per heavy atom. The van der Waals surface area contributed by atoms with E-state index in [4.69, 9.17) is 4.98 Å². The predicted molar refractivity (Wildman–Crippen MR) is 74.4 cm³/mol. The monoisotopic (exact) mass is 256 g/mol. The smallest absolute Gasteiger partial charge is 0.123 e. The van der Waals surface area contributed by atoms with Gasteiger partial charge in [0.25, 0.3) is 0 Å². The van der Waals surface area contributed by atoms with Gasteiger partial charge in [-0.1, -0.05) is 6.07 Å². The highest BCUT2D eigenvalue weighted by Crippen LogP contribution is 2.25. The van der Waals surface area contributed by atoms with E-state index in [1.165, 1.54) is 17.3 Å². The van der Waals surface area contributed by atoms with Crippen LogP contribution in [0.2, 0.25) is 0 Å². The third-order valence-electron chi connectivity index (χ3n) is 3.70. The van der Waals surface area contributed by atoms with Gasteiger partial charge in [0, 0.05) is 30.8 Å². The lowest BCUT2D eigenvalue weighted by Crippen LogP contribution is -2.27. The van der Waals surface area contributed by atoms with E-state index in [1.807, 2.05) is 19.1 Å². The van der Waals surface area contributed by atoms with Crippen molar-refractivity contribution < 1.29 is 4.39 Å². The van der Waals surface area contributed by atoms with Crippen molar-refractivity contribution in [3.8, 4) is 11.3 Å². The Balaban J connectivity index is 2.02. The van der Waals surface area contributed by atoms with Crippen molar-refractivity contribution in [1.82, 2.24) is 9.88 Å². The van der Waals surface area contributed by atoms with Crippen LogP contribution in [0.15, 0.2) is 30.3 Å². The summed E-state index contributed by atoms with van der Waals surface area (Å²) >= 11 is 0. The quantitative estimate of drug-likeness (QED) is 0.779. The zero-order valence-electron chi connectivity index (χ0n) is 11.3. The fourth-order valence-electron chi connectivity index (χ4n) is 2.62. The Kier molecular flexibility index (Phi) is 3.07. The Morgan fingerprint density at radius 3 is 2.84 bits per heavy atom. The van der Waals surface area contributed by atoms with Crippen molar-refractivity contribution in [3.63, 3.8) is 0 Å². The molecule has 0 saturated heterocycles. The van der Waals surface area contributed by atoms with Crippen LogP contribution in [0, 0.1) is 12.7 Å². The molecule has 2 nitrogen and oxygen atoms in total. The van der Waals surface area contributed by atoms with Gasteiger partial charge in [-0.15, -0.1) is 0 Å². The number of nitrogens with zero attached hydrogens (tertiary/aromatic N) is 2. The molecule has 2 aromatic rings. The Morgan fingerprint density at radius 2 is 2.05 bits per heavy atom. The van der Waals surface area contributed by atoms with E-state index in [2.05, 4.69) is 18.0 Å². The Labute approximate surface area is 112 Å². The number of pyridine rings is 1. The fourth-order valence-corrected chi connectivity index (χ4v) is 2.62. The van der Waals surface area contributed by atoms with Gasteiger partial charge in [-0.25, -0.2) is 4.39 Å². The van der Waals surface area contributed by atoms with Crippen LogP contribution in [0.4, 0.5) is 4.39 Å². The van der Waals surface area contributed by atoms with Crippen LogP contribution in [-0.2, 0) is 13.0 Å². The maximum absolute atomic E-state index is 13.2. The van der Waals surface area contributed by atoms with Gasteiger partial charge in [0.2, 0.25) is 0 Å². The minimum Gasteiger partial charge on any atom is -0.302 e. The number of hydrogen-bond donors (Lipinski definition) is 0. The molecule has 98 valence electrons.